The van der Waals surface area contributed by atoms with E-state index in [0.29, 0.717) is 33.7 Å². The number of nitrogens with one attached hydrogen (secondary N) is 2. The highest BCUT2D eigenvalue weighted by Crippen LogP contribution is 2.24. The molecule has 2 rings (SSSR count). The van der Waals surface area contributed by atoms with E-state index in [0.717, 1.165) is 0 Å². The molecule has 1 aromatic heterocycles. The molecular formula is C14H12Cl3N3O. The number of rotatable bonds is 4. The second kappa shape index (κ2) is 6.98. The lowest BCUT2D eigenvalue weighted by atomic mass is 10.2. The second-order valence-corrected chi connectivity index (χ2v) is 5.47. The first kappa shape index (κ1) is 15.9. The van der Waals surface area contributed by atoms with Crippen molar-refractivity contribution >= 4 is 52.2 Å². The third kappa shape index (κ3) is 4.24. The Kier molecular flexibility index (Phi) is 5.28. The molecule has 2 N–H and O–H groups in total. The van der Waals surface area contributed by atoms with Gasteiger partial charge >= 0.3 is 0 Å². The largest absolute Gasteiger partial charge is 0.370 e. The highest BCUT2D eigenvalue weighted by atomic mass is 35.5. The average Bonchev–Trinajstić information content (AvgIpc) is 2.40. The monoisotopic (exact) mass is 343 g/mol. The van der Waals surface area contributed by atoms with Gasteiger partial charge in [0.25, 0.3) is 5.91 Å². The Labute approximate surface area is 137 Å². The summed E-state index contributed by atoms with van der Waals surface area (Å²) in [6.07, 6.45) is 1.43. The Bertz CT molecular complexity index is 656. The van der Waals surface area contributed by atoms with Gasteiger partial charge in [-0.2, -0.15) is 0 Å². The van der Waals surface area contributed by atoms with Crippen LogP contribution in [-0.4, -0.2) is 17.4 Å². The smallest absolute Gasteiger partial charge is 0.257 e. The van der Waals surface area contributed by atoms with Crippen molar-refractivity contribution in [3.63, 3.8) is 0 Å². The van der Waals surface area contributed by atoms with Crippen LogP contribution in [0.2, 0.25) is 15.1 Å². The second-order valence-electron chi connectivity index (χ2n) is 4.19. The summed E-state index contributed by atoms with van der Waals surface area (Å²) in [6, 6.07) is 6.38. The van der Waals surface area contributed by atoms with Crippen LogP contribution in [0.5, 0.6) is 0 Å². The normalized spacial score (nSPS) is 10.3. The van der Waals surface area contributed by atoms with Crippen molar-refractivity contribution < 1.29 is 4.79 Å². The summed E-state index contributed by atoms with van der Waals surface area (Å²) >= 11 is 17.8. The SMILES string of the molecule is CCNc1cc(C(=O)Nc2cc(Cl)cc(Cl)c2)c(Cl)cn1. The maximum Gasteiger partial charge on any atom is 0.257 e. The molecule has 1 amide bonds. The molecule has 0 aliphatic heterocycles. The lowest BCUT2D eigenvalue weighted by Gasteiger charge is -2.09. The predicted molar refractivity (Wildman–Crippen MR) is 87.8 cm³/mol. The minimum atomic E-state index is -0.361. The molecular weight excluding hydrogens is 333 g/mol. The van der Waals surface area contributed by atoms with Gasteiger partial charge in [-0.3, -0.25) is 4.79 Å². The summed E-state index contributed by atoms with van der Waals surface area (Å²) in [5.74, 6) is 0.219. The van der Waals surface area contributed by atoms with E-state index < -0.39 is 0 Å². The molecule has 1 heterocycles. The Morgan fingerprint density at radius 2 is 1.81 bits per heavy atom. The van der Waals surface area contributed by atoms with Gasteiger partial charge in [0.15, 0.2) is 0 Å². The Morgan fingerprint density at radius 3 is 2.43 bits per heavy atom. The van der Waals surface area contributed by atoms with Gasteiger partial charge in [-0.1, -0.05) is 34.8 Å². The van der Waals surface area contributed by atoms with Crippen LogP contribution >= 0.6 is 34.8 Å². The van der Waals surface area contributed by atoms with Gasteiger partial charge in [-0.15, -0.1) is 0 Å². The quantitative estimate of drug-likeness (QED) is 0.843. The Hall–Kier alpha value is -1.49. The van der Waals surface area contributed by atoms with E-state index >= 15 is 0 Å². The van der Waals surface area contributed by atoms with Crippen LogP contribution in [0.3, 0.4) is 0 Å². The summed E-state index contributed by atoms with van der Waals surface area (Å²) in [5.41, 5.74) is 0.814. The molecule has 110 valence electrons. The summed E-state index contributed by atoms with van der Waals surface area (Å²) < 4.78 is 0. The van der Waals surface area contributed by atoms with Crippen LogP contribution in [-0.2, 0) is 0 Å². The van der Waals surface area contributed by atoms with Crippen LogP contribution in [0.4, 0.5) is 11.5 Å². The fourth-order valence-electron chi connectivity index (χ4n) is 1.71. The molecule has 0 saturated heterocycles. The van der Waals surface area contributed by atoms with Gasteiger partial charge in [0.05, 0.1) is 10.6 Å². The molecule has 0 aliphatic rings. The van der Waals surface area contributed by atoms with Crippen LogP contribution in [0, 0.1) is 0 Å². The van der Waals surface area contributed by atoms with Crippen molar-refractivity contribution in [2.24, 2.45) is 0 Å². The molecule has 0 unspecified atom stereocenters. The molecule has 1 aromatic carbocycles. The number of amides is 1. The summed E-state index contributed by atoms with van der Waals surface area (Å²) in [6.45, 7) is 2.63. The van der Waals surface area contributed by atoms with Gasteiger partial charge < -0.3 is 10.6 Å². The highest BCUT2D eigenvalue weighted by Gasteiger charge is 2.13. The summed E-state index contributed by atoms with van der Waals surface area (Å²) in [4.78, 5) is 16.4. The van der Waals surface area contributed by atoms with Crippen LogP contribution in [0.15, 0.2) is 30.5 Å². The predicted octanol–water partition coefficient (Wildman–Crippen LogP) is 4.73. The lowest BCUT2D eigenvalue weighted by Crippen LogP contribution is -2.13. The molecule has 0 radical (unpaired) electrons. The maximum absolute atomic E-state index is 12.3. The molecule has 0 aliphatic carbocycles. The van der Waals surface area contributed by atoms with Crippen molar-refractivity contribution in [3.05, 3.63) is 51.1 Å². The van der Waals surface area contributed by atoms with E-state index in [2.05, 4.69) is 15.6 Å². The van der Waals surface area contributed by atoms with Gasteiger partial charge in [-0.25, -0.2) is 4.98 Å². The minimum Gasteiger partial charge on any atom is -0.370 e. The van der Waals surface area contributed by atoms with Crippen molar-refractivity contribution in [2.45, 2.75) is 6.92 Å². The van der Waals surface area contributed by atoms with Crippen molar-refractivity contribution in [1.82, 2.24) is 4.98 Å². The number of benzene rings is 1. The van der Waals surface area contributed by atoms with Gasteiger partial charge in [-0.05, 0) is 31.2 Å². The first-order chi connectivity index (χ1) is 9.99. The zero-order valence-corrected chi connectivity index (χ0v) is 13.4. The molecule has 0 atom stereocenters. The number of nitrogens with zero attached hydrogens (tertiary/aromatic N) is 1. The maximum atomic E-state index is 12.3. The number of pyridine rings is 1. The highest BCUT2D eigenvalue weighted by molar-refractivity contribution is 6.36. The Balaban J connectivity index is 2.25. The fraction of sp³-hybridized carbons (Fsp3) is 0.143. The lowest BCUT2D eigenvalue weighted by molar-refractivity contribution is 0.102. The third-order valence-electron chi connectivity index (χ3n) is 2.58. The van der Waals surface area contributed by atoms with E-state index in [9.17, 15) is 4.79 Å². The van der Waals surface area contributed by atoms with Crippen LogP contribution < -0.4 is 10.6 Å². The number of aromatic nitrogens is 1. The van der Waals surface area contributed by atoms with E-state index in [-0.39, 0.29) is 10.9 Å². The minimum absolute atomic E-state index is 0.266. The fourth-order valence-corrected chi connectivity index (χ4v) is 2.43. The first-order valence-electron chi connectivity index (χ1n) is 6.16. The number of hydrogen-bond acceptors (Lipinski definition) is 3. The molecule has 21 heavy (non-hydrogen) atoms. The molecule has 4 nitrogen and oxygen atoms in total. The number of carbonyl (C=O) groups is 1. The van der Waals surface area contributed by atoms with Gasteiger partial charge in [0.1, 0.15) is 5.82 Å². The average molecular weight is 345 g/mol. The standard InChI is InChI=1S/C14H12Cl3N3O/c1-2-18-13-6-11(12(17)7-19-13)14(21)20-10-4-8(15)3-9(16)5-10/h3-7H,2H2,1H3,(H,18,19)(H,20,21). The van der Waals surface area contributed by atoms with Gasteiger partial charge in [0.2, 0.25) is 0 Å². The molecule has 7 heteroatoms. The van der Waals surface area contributed by atoms with Crippen molar-refractivity contribution in [2.75, 3.05) is 17.2 Å². The molecule has 0 spiro atoms. The summed E-state index contributed by atoms with van der Waals surface area (Å²) in [7, 11) is 0. The topological polar surface area (TPSA) is 54.0 Å². The van der Waals surface area contributed by atoms with Crippen molar-refractivity contribution in [3.8, 4) is 0 Å². The molecule has 2 aromatic rings. The van der Waals surface area contributed by atoms with E-state index in [1.165, 1.54) is 6.20 Å². The van der Waals surface area contributed by atoms with Crippen molar-refractivity contribution in [1.29, 1.82) is 0 Å². The third-order valence-corrected chi connectivity index (χ3v) is 3.32. The van der Waals surface area contributed by atoms with E-state index in [1.807, 2.05) is 6.92 Å². The zero-order chi connectivity index (χ0) is 15.4. The number of anilines is 2. The molecule has 0 saturated carbocycles. The Morgan fingerprint density at radius 1 is 1.14 bits per heavy atom. The summed E-state index contributed by atoms with van der Waals surface area (Å²) in [5, 5.41) is 6.86. The number of halogens is 3. The van der Waals surface area contributed by atoms with Crippen LogP contribution in [0.25, 0.3) is 0 Å². The molecule has 0 fully saturated rings. The molecule has 0 bridgehead atoms. The zero-order valence-electron chi connectivity index (χ0n) is 11.1. The number of hydrogen-bond donors (Lipinski definition) is 2. The van der Waals surface area contributed by atoms with Gasteiger partial charge in [0, 0.05) is 28.5 Å². The first-order valence-corrected chi connectivity index (χ1v) is 7.30. The van der Waals surface area contributed by atoms with Crippen LogP contribution in [0.1, 0.15) is 17.3 Å². The van der Waals surface area contributed by atoms with E-state index in [4.69, 9.17) is 34.8 Å². The number of carbonyl (C=O) groups excluding carboxylic acids is 1. The van der Waals surface area contributed by atoms with E-state index in [1.54, 1.807) is 24.3 Å².